The number of hydrogen-bond donors (Lipinski definition) is 1. The molecule has 0 aromatic heterocycles. The van der Waals surface area contributed by atoms with Crippen molar-refractivity contribution in [2.75, 3.05) is 19.5 Å². The molecule has 2 nitrogen and oxygen atoms in total. The Morgan fingerprint density at radius 2 is 1.87 bits per heavy atom. The predicted molar refractivity (Wildman–Crippen MR) is 53.8 cm³/mol. The van der Waals surface area contributed by atoms with Gasteiger partial charge in [-0.25, -0.2) is 5.01 Å². The fraction of sp³-hybridized carbons (Fsp3) is 0.333. The van der Waals surface area contributed by atoms with Crippen LogP contribution in [0.15, 0.2) is 18.2 Å². The molecule has 1 aromatic rings. The molecule has 1 rings (SSSR count). The molecule has 0 heterocycles. The maximum atomic E-state index is 12.4. The monoisotopic (exact) mass is 238 g/mol. The van der Waals surface area contributed by atoms with Gasteiger partial charge in [-0.2, -0.15) is 13.2 Å². The van der Waals surface area contributed by atoms with Gasteiger partial charge in [-0.3, -0.25) is 0 Å². The van der Waals surface area contributed by atoms with E-state index in [1.165, 1.54) is 12.1 Å². The van der Waals surface area contributed by atoms with Crippen LogP contribution in [0.1, 0.15) is 5.56 Å². The van der Waals surface area contributed by atoms with Gasteiger partial charge in [0.1, 0.15) is 0 Å². The van der Waals surface area contributed by atoms with Crippen LogP contribution in [0.2, 0.25) is 5.02 Å². The summed E-state index contributed by atoms with van der Waals surface area (Å²) in [6.07, 6.45) is -4.43. The van der Waals surface area contributed by atoms with E-state index in [0.29, 0.717) is 5.69 Å². The number of rotatable bonds is 2. The van der Waals surface area contributed by atoms with E-state index < -0.39 is 11.7 Å². The van der Waals surface area contributed by atoms with Gasteiger partial charge in [0.05, 0.1) is 10.6 Å². The molecule has 0 saturated carbocycles. The first kappa shape index (κ1) is 12.1. The molecule has 0 aliphatic rings. The quantitative estimate of drug-likeness (QED) is 0.796. The van der Waals surface area contributed by atoms with Gasteiger partial charge in [-0.05, 0) is 18.2 Å². The van der Waals surface area contributed by atoms with E-state index in [4.69, 9.17) is 11.6 Å². The van der Waals surface area contributed by atoms with Crippen LogP contribution in [0.5, 0.6) is 0 Å². The first-order valence-corrected chi connectivity index (χ1v) is 4.49. The van der Waals surface area contributed by atoms with Crippen LogP contribution in [0.25, 0.3) is 0 Å². The summed E-state index contributed by atoms with van der Waals surface area (Å²) in [6, 6.07) is 3.68. The third-order valence-corrected chi connectivity index (χ3v) is 1.95. The van der Waals surface area contributed by atoms with E-state index in [1.807, 2.05) is 0 Å². The van der Waals surface area contributed by atoms with E-state index in [1.54, 1.807) is 19.1 Å². The highest BCUT2D eigenvalue weighted by Gasteiger charge is 2.33. The van der Waals surface area contributed by atoms with Gasteiger partial charge in [0.25, 0.3) is 0 Å². The normalized spacial score (nSPS) is 11.9. The van der Waals surface area contributed by atoms with E-state index >= 15 is 0 Å². The third-order valence-electron chi connectivity index (χ3n) is 1.62. The molecule has 0 amide bonds. The zero-order valence-electron chi connectivity index (χ0n) is 8.19. The largest absolute Gasteiger partial charge is 0.417 e. The summed E-state index contributed by atoms with van der Waals surface area (Å²) in [5.74, 6) is 0. The lowest BCUT2D eigenvalue weighted by Crippen LogP contribution is -2.20. The van der Waals surface area contributed by atoms with Crippen molar-refractivity contribution in [2.24, 2.45) is 0 Å². The van der Waals surface area contributed by atoms with Gasteiger partial charge in [0.15, 0.2) is 0 Å². The Balaban J connectivity index is 3.06. The fourth-order valence-electron chi connectivity index (χ4n) is 1.07. The molecule has 0 saturated heterocycles. The Bertz CT molecular complexity index is 350. The second-order valence-electron chi connectivity index (χ2n) is 3.20. The maximum Gasteiger partial charge on any atom is 0.417 e. The van der Waals surface area contributed by atoms with Crippen LogP contribution >= 0.6 is 11.6 Å². The van der Waals surface area contributed by atoms with Crippen molar-refractivity contribution < 1.29 is 13.2 Å². The third kappa shape index (κ3) is 3.28. The lowest BCUT2D eigenvalue weighted by atomic mass is 10.2. The number of nitrogens with one attached hydrogen (secondary N) is 1. The minimum Gasteiger partial charge on any atom is -0.319 e. The highest BCUT2D eigenvalue weighted by Crippen LogP contribution is 2.36. The van der Waals surface area contributed by atoms with Crippen LogP contribution in [0.4, 0.5) is 18.9 Å². The number of anilines is 1. The van der Waals surface area contributed by atoms with Crippen LogP contribution in [0.3, 0.4) is 0 Å². The van der Waals surface area contributed by atoms with Gasteiger partial charge in [0, 0.05) is 19.8 Å². The summed E-state index contributed by atoms with van der Waals surface area (Å²) in [6.45, 7) is 0. The Morgan fingerprint density at radius 1 is 1.27 bits per heavy atom. The molecule has 0 aliphatic heterocycles. The van der Waals surface area contributed by atoms with Crippen LogP contribution in [0, 0.1) is 0 Å². The maximum absolute atomic E-state index is 12.4. The Morgan fingerprint density at radius 3 is 2.33 bits per heavy atom. The Kier molecular flexibility index (Phi) is 3.46. The molecule has 0 aliphatic carbocycles. The van der Waals surface area contributed by atoms with Gasteiger partial charge in [0.2, 0.25) is 0 Å². The smallest absolute Gasteiger partial charge is 0.319 e. The van der Waals surface area contributed by atoms with Crippen molar-refractivity contribution in [2.45, 2.75) is 6.18 Å². The van der Waals surface area contributed by atoms with E-state index in [-0.39, 0.29) is 5.02 Å². The zero-order valence-corrected chi connectivity index (χ0v) is 8.95. The van der Waals surface area contributed by atoms with Crippen LogP contribution in [-0.2, 0) is 6.18 Å². The molecule has 0 bridgehead atoms. The Labute approximate surface area is 90.6 Å². The van der Waals surface area contributed by atoms with Crippen LogP contribution < -0.4 is 5.43 Å². The van der Waals surface area contributed by atoms with Crippen molar-refractivity contribution in [1.29, 1.82) is 0 Å². The molecule has 84 valence electrons. The number of hydrazine groups is 1. The van der Waals surface area contributed by atoms with Crippen LogP contribution in [-0.4, -0.2) is 19.1 Å². The summed E-state index contributed by atoms with van der Waals surface area (Å²) in [4.78, 5) is 0. The average Bonchev–Trinajstić information content (AvgIpc) is 2.05. The molecule has 1 N–H and O–H groups in total. The van der Waals surface area contributed by atoms with E-state index in [9.17, 15) is 13.2 Å². The number of alkyl halides is 3. The van der Waals surface area contributed by atoms with Gasteiger partial charge < -0.3 is 5.43 Å². The summed E-state index contributed by atoms with van der Waals surface area (Å²) in [5.41, 5.74) is 2.23. The average molecular weight is 239 g/mol. The molecular formula is C9H10ClF3N2. The molecule has 0 unspecified atom stereocenters. The predicted octanol–water partition coefficient (Wildman–Crippen LogP) is 3.25. The molecule has 6 heteroatoms. The first-order chi connectivity index (χ1) is 6.80. The number of halogens is 4. The second-order valence-corrected chi connectivity index (χ2v) is 3.61. The molecule has 1 aromatic carbocycles. The molecule has 0 spiro atoms. The second kappa shape index (κ2) is 4.28. The lowest BCUT2D eigenvalue weighted by Gasteiger charge is -2.16. The van der Waals surface area contributed by atoms with Crippen molar-refractivity contribution in [1.82, 2.24) is 5.01 Å². The van der Waals surface area contributed by atoms with Crippen molar-refractivity contribution >= 4 is 17.3 Å². The SMILES string of the molecule is CN(C)Nc1ccc(Cl)c(C(F)(F)F)c1. The number of hydrogen-bond acceptors (Lipinski definition) is 2. The first-order valence-electron chi connectivity index (χ1n) is 4.11. The number of benzene rings is 1. The topological polar surface area (TPSA) is 15.3 Å². The van der Waals surface area contributed by atoms with Crippen molar-refractivity contribution in [3.63, 3.8) is 0 Å². The van der Waals surface area contributed by atoms with Crippen molar-refractivity contribution in [3.05, 3.63) is 28.8 Å². The summed E-state index contributed by atoms with van der Waals surface area (Å²) in [5, 5.41) is 1.25. The minimum atomic E-state index is -4.43. The summed E-state index contributed by atoms with van der Waals surface area (Å²) < 4.78 is 37.3. The molecule has 15 heavy (non-hydrogen) atoms. The molecule has 0 fully saturated rings. The van der Waals surface area contributed by atoms with Crippen molar-refractivity contribution in [3.8, 4) is 0 Å². The molecular weight excluding hydrogens is 229 g/mol. The van der Waals surface area contributed by atoms with E-state index in [0.717, 1.165) is 6.07 Å². The summed E-state index contributed by atoms with van der Waals surface area (Å²) in [7, 11) is 3.36. The Hall–Kier alpha value is -0.940. The van der Waals surface area contributed by atoms with Gasteiger partial charge in [-0.1, -0.05) is 11.6 Å². The summed E-state index contributed by atoms with van der Waals surface area (Å²) >= 11 is 5.46. The van der Waals surface area contributed by atoms with Gasteiger partial charge >= 0.3 is 6.18 Å². The van der Waals surface area contributed by atoms with E-state index in [2.05, 4.69) is 5.43 Å². The van der Waals surface area contributed by atoms with Gasteiger partial charge in [-0.15, -0.1) is 0 Å². The highest BCUT2D eigenvalue weighted by molar-refractivity contribution is 6.31. The highest BCUT2D eigenvalue weighted by atomic mass is 35.5. The standard InChI is InChI=1S/C9H10ClF3N2/c1-15(2)14-6-3-4-8(10)7(5-6)9(11,12)13/h3-5,14H,1-2H3. The fourth-order valence-corrected chi connectivity index (χ4v) is 1.29. The molecule has 0 radical (unpaired) electrons. The zero-order chi connectivity index (χ0) is 11.6. The minimum absolute atomic E-state index is 0.299. The lowest BCUT2D eigenvalue weighted by molar-refractivity contribution is -0.137. The number of nitrogens with zero attached hydrogens (tertiary/aromatic N) is 1. The molecule has 0 atom stereocenters.